The minimum atomic E-state index is -0.182. The third kappa shape index (κ3) is 3.98. The monoisotopic (exact) mass is 356 g/mol. The lowest BCUT2D eigenvalue weighted by Crippen LogP contribution is -2.57. The van der Waals surface area contributed by atoms with Crippen LogP contribution in [0.2, 0.25) is 0 Å². The lowest BCUT2D eigenvalue weighted by molar-refractivity contribution is 0.343. The van der Waals surface area contributed by atoms with Gasteiger partial charge in [-0.1, -0.05) is 20.8 Å². The van der Waals surface area contributed by atoms with E-state index < -0.39 is 0 Å². The van der Waals surface area contributed by atoms with E-state index in [1.807, 2.05) is 13.0 Å². The van der Waals surface area contributed by atoms with Crippen LogP contribution in [0.3, 0.4) is 0 Å². The second kappa shape index (κ2) is 7.10. The first kappa shape index (κ1) is 16.8. The molecule has 1 N–H and O–H groups in total. The quantitative estimate of drug-likeness (QED) is 0.854. The highest BCUT2D eigenvalue weighted by molar-refractivity contribution is 9.10. The van der Waals surface area contributed by atoms with Crippen molar-refractivity contribution in [2.24, 2.45) is 5.92 Å². The van der Waals surface area contributed by atoms with Crippen LogP contribution in [0.4, 0.5) is 10.1 Å². The molecule has 1 aliphatic rings. The van der Waals surface area contributed by atoms with Gasteiger partial charge in [-0.2, -0.15) is 0 Å². The minimum Gasteiger partial charge on any atom is -0.365 e. The Morgan fingerprint density at radius 3 is 2.76 bits per heavy atom. The van der Waals surface area contributed by atoms with Gasteiger partial charge < -0.3 is 10.2 Å². The van der Waals surface area contributed by atoms with Crippen molar-refractivity contribution in [1.29, 1.82) is 0 Å². The zero-order chi connectivity index (χ0) is 15.6. The first-order chi connectivity index (χ1) is 9.92. The molecule has 4 heteroatoms. The predicted octanol–water partition coefficient (Wildman–Crippen LogP) is 4.50. The van der Waals surface area contributed by atoms with Gasteiger partial charge in [-0.05, 0) is 59.3 Å². The number of benzene rings is 1. The molecule has 0 radical (unpaired) electrons. The number of anilines is 1. The molecule has 0 bridgehead atoms. The summed E-state index contributed by atoms with van der Waals surface area (Å²) in [4.78, 5) is 2.46. The van der Waals surface area contributed by atoms with Crippen LogP contribution in [0.25, 0.3) is 0 Å². The van der Waals surface area contributed by atoms with Crippen LogP contribution in [-0.2, 0) is 0 Å². The number of halogens is 2. The van der Waals surface area contributed by atoms with E-state index in [4.69, 9.17) is 0 Å². The molecule has 0 saturated carbocycles. The van der Waals surface area contributed by atoms with Gasteiger partial charge in [-0.3, -0.25) is 0 Å². The maximum absolute atomic E-state index is 13.7. The van der Waals surface area contributed by atoms with E-state index in [1.54, 1.807) is 6.07 Å². The second-order valence-corrected chi connectivity index (χ2v) is 7.36. The molecular weight excluding hydrogens is 331 g/mol. The molecule has 1 aromatic carbocycles. The number of hydrogen-bond donors (Lipinski definition) is 1. The Morgan fingerprint density at radius 2 is 2.14 bits per heavy atom. The summed E-state index contributed by atoms with van der Waals surface area (Å²) in [5.74, 6) is 0.502. The van der Waals surface area contributed by atoms with Gasteiger partial charge in [0.1, 0.15) is 5.82 Å². The van der Waals surface area contributed by atoms with E-state index in [0.29, 0.717) is 22.5 Å². The van der Waals surface area contributed by atoms with Crippen LogP contribution >= 0.6 is 15.9 Å². The van der Waals surface area contributed by atoms with Crippen molar-refractivity contribution in [2.45, 2.75) is 52.6 Å². The molecule has 1 saturated heterocycles. The summed E-state index contributed by atoms with van der Waals surface area (Å²) >= 11 is 3.33. The van der Waals surface area contributed by atoms with E-state index in [9.17, 15) is 4.39 Å². The lowest BCUT2D eigenvalue weighted by Gasteiger charge is -2.43. The van der Waals surface area contributed by atoms with Crippen molar-refractivity contribution >= 4 is 21.6 Å². The normalized spacial score (nSPS) is 22.9. The van der Waals surface area contributed by atoms with Crippen LogP contribution in [0, 0.1) is 18.7 Å². The highest BCUT2D eigenvalue weighted by Gasteiger charge is 2.28. The number of nitrogens with one attached hydrogen (secondary N) is 1. The molecule has 118 valence electrons. The fourth-order valence-electron chi connectivity index (χ4n) is 3.20. The standard InChI is InChI=1S/C17H26BrFN2/c1-5-14-9-20-13(6-11(2)3)10-21(14)17-8-15(18)16(19)7-12(17)4/h7-8,11,13-14,20H,5-6,9-10H2,1-4H3. The number of aryl methyl sites for hydroxylation is 1. The first-order valence-electron chi connectivity index (χ1n) is 7.88. The molecule has 0 amide bonds. The Kier molecular flexibility index (Phi) is 5.67. The maximum atomic E-state index is 13.7. The minimum absolute atomic E-state index is 0.182. The molecular formula is C17H26BrFN2. The third-order valence-electron chi connectivity index (χ3n) is 4.28. The van der Waals surface area contributed by atoms with E-state index in [1.165, 1.54) is 6.42 Å². The molecule has 1 aliphatic heterocycles. The van der Waals surface area contributed by atoms with Crippen LogP contribution in [0.15, 0.2) is 16.6 Å². The Bertz CT molecular complexity index is 490. The summed E-state index contributed by atoms with van der Waals surface area (Å²) in [7, 11) is 0. The molecule has 21 heavy (non-hydrogen) atoms. The smallest absolute Gasteiger partial charge is 0.137 e. The maximum Gasteiger partial charge on any atom is 0.137 e. The zero-order valence-corrected chi connectivity index (χ0v) is 15.0. The van der Waals surface area contributed by atoms with Crippen molar-refractivity contribution in [3.8, 4) is 0 Å². The van der Waals surface area contributed by atoms with Gasteiger partial charge in [-0.25, -0.2) is 4.39 Å². The molecule has 1 heterocycles. The van der Waals surface area contributed by atoms with E-state index >= 15 is 0 Å². The van der Waals surface area contributed by atoms with Crippen molar-refractivity contribution in [1.82, 2.24) is 5.32 Å². The molecule has 1 aromatic rings. The topological polar surface area (TPSA) is 15.3 Å². The summed E-state index contributed by atoms with van der Waals surface area (Å²) in [6.07, 6.45) is 2.27. The van der Waals surface area contributed by atoms with Gasteiger partial charge in [0, 0.05) is 30.9 Å². The third-order valence-corrected chi connectivity index (χ3v) is 4.88. The van der Waals surface area contributed by atoms with E-state index in [2.05, 4.69) is 46.9 Å². The SMILES string of the molecule is CCC1CNC(CC(C)C)CN1c1cc(Br)c(F)cc1C. The van der Waals surface area contributed by atoms with Crippen molar-refractivity contribution in [3.63, 3.8) is 0 Å². The summed E-state index contributed by atoms with van der Waals surface area (Å²) in [6.45, 7) is 10.7. The van der Waals surface area contributed by atoms with Crippen LogP contribution in [0.1, 0.15) is 39.2 Å². The average molecular weight is 357 g/mol. The van der Waals surface area contributed by atoms with Crippen molar-refractivity contribution < 1.29 is 4.39 Å². The van der Waals surface area contributed by atoms with Gasteiger partial charge in [0.25, 0.3) is 0 Å². The second-order valence-electron chi connectivity index (χ2n) is 6.50. The number of rotatable bonds is 4. The number of hydrogen-bond acceptors (Lipinski definition) is 2. The van der Waals surface area contributed by atoms with Gasteiger partial charge >= 0.3 is 0 Å². The van der Waals surface area contributed by atoms with Crippen LogP contribution in [-0.4, -0.2) is 25.2 Å². The molecule has 2 rings (SSSR count). The summed E-state index contributed by atoms with van der Waals surface area (Å²) in [5, 5.41) is 3.67. The first-order valence-corrected chi connectivity index (χ1v) is 8.67. The van der Waals surface area contributed by atoms with Gasteiger partial charge in [0.15, 0.2) is 0 Å². The molecule has 0 aliphatic carbocycles. The average Bonchev–Trinajstić information content (AvgIpc) is 2.42. The van der Waals surface area contributed by atoms with Crippen LogP contribution < -0.4 is 10.2 Å². The molecule has 0 spiro atoms. The Labute approximate surface area is 136 Å². The van der Waals surface area contributed by atoms with Crippen LogP contribution in [0.5, 0.6) is 0 Å². The fourth-order valence-corrected chi connectivity index (χ4v) is 3.53. The van der Waals surface area contributed by atoms with Gasteiger partial charge in [0.2, 0.25) is 0 Å². The molecule has 2 unspecified atom stereocenters. The summed E-state index contributed by atoms with van der Waals surface area (Å²) in [5.41, 5.74) is 2.17. The van der Waals surface area contributed by atoms with Crippen molar-refractivity contribution in [2.75, 3.05) is 18.0 Å². The Balaban J connectivity index is 2.26. The van der Waals surface area contributed by atoms with Gasteiger partial charge in [0.05, 0.1) is 4.47 Å². The Morgan fingerprint density at radius 1 is 1.43 bits per heavy atom. The lowest BCUT2D eigenvalue weighted by atomic mass is 9.97. The number of piperazine rings is 1. The largest absolute Gasteiger partial charge is 0.365 e. The Hall–Kier alpha value is -0.610. The molecule has 0 aromatic heterocycles. The molecule has 2 atom stereocenters. The highest BCUT2D eigenvalue weighted by Crippen LogP contribution is 2.31. The van der Waals surface area contributed by atoms with Gasteiger partial charge in [-0.15, -0.1) is 0 Å². The predicted molar refractivity (Wildman–Crippen MR) is 91.5 cm³/mol. The fraction of sp³-hybridized carbons (Fsp3) is 0.647. The summed E-state index contributed by atoms with van der Waals surface area (Å²) in [6, 6.07) is 4.55. The van der Waals surface area contributed by atoms with E-state index in [0.717, 1.165) is 30.8 Å². The molecule has 1 fully saturated rings. The van der Waals surface area contributed by atoms with Crippen molar-refractivity contribution in [3.05, 3.63) is 28.0 Å². The zero-order valence-electron chi connectivity index (χ0n) is 13.4. The van der Waals surface area contributed by atoms with E-state index in [-0.39, 0.29) is 5.82 Å². The number of nitrogens with zero attached hydrogens (tertiary/aromatic N) is 1. The highest BCUT2D eigenvalue weighted by atomic mass is 79.9. The summed E-state index contributed by atoms with van der Waals surface area (Å²) < 4.78 is 14.2. The molecule has 2 nitrogen and oxygen atoms in total.